The lowest BCUT2D eigenvalue weighted by Crippen LogP contribution is -2.34. The van der Waals surface area contributed by atoms with Gasteiger partial charge in [0, 0.05) is 19.0 Å². The second kappa shape index (κ2) is 6.63. The summed E-state index contributed by atoms with van der Waals surface area (Å²) in [6.07, 6.45) is 3.59. The van der Waals surface area contributed by atoms with Gasteiger partial charge in [-0.1, -0.05) is 19.9 Å². The monoisotopic (exact) mass is 197 g/mol. The van der Waals surface area contributed by atoms with E-state index in [1.165, 1.54) is 0 Å². The molecule has 0 aliphatic carbocycles. The van der Waals surface area contributed by atoms with Crippen molar-refractivity contribution in [2.24, 2.45) is 0 Å². The van der Waals surface area contributed by atoms with Gasteiger partial charge in [0.15, 0.2) is 5.78 Å². The molecule has 0 amide bonds. The van der Waals surface area contributed by atoms with E-state index in [4.69, 9.17) is 0 Å². The van der Waals surface area contributed by atoms with E-state index < -0.39 is 0 Å². The number of likely N-dealkylation sites (N-methyl/N-ethyl adjacent to an activating group) is 1. The van der Waals surface area contributed by atoms with E-state index in [9.17, 15) is 4.79 Å². The van der Waals surface area contributed by atoms with Crippen molar-refractivity contribution >= 4 is 5.78 Å². The van der Waals surface area contributed by atoms with E-state index in [2.05, 4.69) is 25.7 Å². The fourth-order valence-corrected chi connectivity index (χ4v) is 1.61. The SMILES string of the molecule is CC=C(C(=O)CC)N(CC)C(C)CC. The van der Waals surface area contributed by atoms with Gasteiger partial charge >= 0.3 is 0 Å². The van der Waals surface area contributed by atoms with Crippen molar-refractivity contribution in [3.05, 3.63) is 11.8 Å². The largest absolute Gasteiger partial charge is 0.367 e. The lowest BCUT2D eigenvalue weighted by atomic mass is 10.1. The Bertz CT molecular complexity index is 208. The first-order valence-electron chi connectivity index (χ1n) is 5.58. The molecule has 1 unspecified atom stereocenters. The molecule has 0 saturated heterocycles. The van der Waals surface area contributed by atoms with Crippen molar-refractivity contribution < 1.29 is 4.79 Å². The van der Waals surface area contributed by atoms with Gasteiger partial charge in [-0.3, -0.25) is 4.79 Å². The topological polar surface area (TPSA) is 20.3 Å². The summed E-state index contributed by atoms with van der Waals surface area (Å²) < 4.78 is 0. The third kappa shape index (κ3) is 3.17. The van der Waals surface area contributed by atoms with E-state index in [-0.39, 0.29) is 5.78 Å². The first-order valence-corrected chi connectivity index (χ1v) is 5.58. The number of carbonyl (C=O) groups excluding carboxylic acids is 1. The van der Waals surface area contributed by atoms with Gasteiger partial charge in [-0.05, 0) is 27.2 Å². The lowest BCUT2D eigenvalue weighted by Gasteiger charge is -2.30. The molecule has 0 aromatic heterocycles. The molecule has 0 aliphatic rings. The average molecular weight is 197 g/mol. The maximum atomic E-state index is 11.7. The van der Waals surface area contributed by atoms with Crippen LogP contribution in [0.5, 0.6) is 0 Å². The minimum absolute atomic E-state index is 0.245. The van der Waals surface area contributed by atoms with Gasteiger partial charge in [-0.25, -0.2) is 0 Å². The van der Waals surface area contributed by atoms with Gasteiger partial charge in [0.05, 0.1) is 5.70 Å². The summed E-state index contributed by atoms with van der Waals surface area (Å²) in [4.78, 5) is 13.8. The van der Waals surface area contributed by atoms with Gasteiger partial charge in [0.2, 0.25) is 0 Å². The highest BCUT2D eigenvalue weighted by molar-refractivity contribution is 5.94. The number of ketones is 1. The Morgan fingerprint density at radius 2 is 1.93 bits per heavy atom. The Labute approximate surface area is 88.0 Å². The summed E-state index contributed by atoms with van der Waals surface area (Å²) in [6.45, 7) is 11.2. The summed E-state index contributed by atoms with van der Waals surface area (Å²) in [7, 11) is 0. The second-order valence-corrected chi connectivity index (χ2v) is 3.49. The normalized spacial score (nSPS) is 13.9. The summed E-state index contributed by atoms with van der Waals surface area (Å²) >= 11 is 0. The van der Waals surface area contributed by atoms with Crippen molar-refractivity contribution in [2.45, 2.75) is 53.5 Å². The Kier molecular flexibility index (Phi) is 6.26. The van der Waals surface area contributed by atoms with Gasteiger partial charge in [-0.2, -0.15) is 0 Å². The second-order valence-electron chi connectivity index (χ2n) is 3.49. The van der Waals surface area contributed by atoms with Crippen LogP contribution in [0.2, 0.25) is 0 Å². The van der Waals surface area contributed by atoms with Crippen molar-refractivity contribution in [2.75, 3.05) is 6.54 Å². The molecule has 0 aliphatic heterocycles. The van der Waals surface area contributed by atoms with Crippen LogP contribution in [-0.4, -0.2) is 23.3 Å². The predicted octanol–water partition coefficient (Wildman–Crippen LogP) is 2.99. The van der Waals surface area contributed by atoms with Crippen LogP contribution in [0, 0.1) is 0 Å². The maximum absolute atomic E-state index is 11.7. The van der Waals surface area contributed by atoms with Crippen LogP contribution in [0.15, 0.2) is 11.8 Å². The number of rotatable bonds is 6. The van der Waals surface area contributed by atoms with E-state index >= 15 is 0 Å². The van der Waals surface area contributed by atoms with Gasteiger partial charge in [-0.15, -0.1) is 0 Å². The van der Waals surface area contributed by atoms with Crippen molar-refractivity contribution in [1.82, 2.24) is 4.90 Å². The fourth-order valence-electron chi connectivity index (χ4n) is 1.61. The molecule has 0 bridgehead atoms. The van der Waals surface area contributed by atoms with Crippen LogP contribution in [0.4, 0.5) is 0 Å². The van der Waals surface area contributed by atoms with Crippen LogP contribution < -0.4 is 0 Å². The molecule has 0 fully saturated rings. The smallest absolute Gasteiger partial charge is 0.178 e. The van der Waals surface area contributed by atoms with Crippen LogP contribution >= 0.6 is 0 Å². The molecule has 0 aromatic rings. The molecule has 14 heavy (non-hydrogen) atoms. The molecule has 0 N–H and O–H groups in total. The van der Waals surface area contributed by atoms with E-state index in [1.807, 2.05) is 19.9 Å². The summed E-state index contributed by atoms with van der Waals surface area (Å²) in [5.74, 6) is 0.245. The fraction of sp³-hybridized carbons (Fsp3) is 0.750. The molecule has 82 valence electrons. The van der Waals surface area contributed by atoms with Crippen LogP contribution in [0.1, 0.15) is 47.5 Å². The highest BCUT2D eigenvalue weighted by atomic mass is 16.1. The third-order valence-corrected chi connectivity index (χ3v) is 2.65. The van der Waals surface area contributed by atoms with Crippen molar-refractivity contribution in [3.8, 4) is 0 Å². The zero-order valence-electron chi connectivity index (χ0n) is 10.1. The molecule has 0 aromatic carbocycles. The van der Waals surface area contributed by atoms with Crippen molar-refractivity contribution in [3.63, 3.8) is 0 Å². The van der Waals surface area contributed by atoms with E-state index in [1.54, 1.807) is 0 Å². The minimum Gasteiger partial charge on any atom is -0.367 e. The van der Waals surface area contributed by atoms with Crippen LogP contribution in [0.3, 0.4) is 0 Å². The summed E-state index contributed by atoms with van der Waals surface area (Å²) in [5.41, 5.74) is 0.879. The first kappa shape index (κ1) is 13.2. The minimum atomic E-state index is 0.245. The molecule has 0 saturated carbocycles. The number of hydrogen-bond acceptors (Lipinski definition) is 2. The number of hydrogen-bond donors (Lipinski definition) is 0. The number of allylic oxidation sites excluding steroid dienone is 2. The average Bonchev–Trinajstić information content (AvgIpc) is 2.23. The summed E-state index contributed by atoms with van der Waals surface area (Å²) in [5, 5.41) is 0. The highest BCUT2D eigenvalue weighted by Crippen LogP contribution is 2.14. The van der Waals surface area contributed by atoms with Crippen LogP contribution in [-0.2, 0) is 4.79 Å². The van der Waals surface area contributed by atoms with Crippen molar-refractivity contribution in [1.29, 1.82) is 0 Å². The highest BCUT2D eigenvalue weighted by Gasteiger charge is 2.17. The quantitative estimate of drug-likeness (QED) is 0.610. The summed E-state index contributed by atoms with van der Waals surface area (Å²) in [6, 6.07) is 0.446. The molecule has 0 heterocycles. The Balaban J connectivity index is 4.71. The van der Waals surface area contributed by atoms with Crippen LogP contribution in [0.25, 0.3) is 0 Å². The number of nitrogens with zero attached hydrogens (tertiary/aromatic N) is 1. The first-order chi connectivity index (χ1) is 6.62. The molecule has 0 radical (unpaired) electrons. The Hall–Kier alpha value is -0.790. The molecular formula is C12H23NO. The Morgan fingerprint density at radius 3 is 2.21 bits per heavy atom. The number of Topliss-reactive ketones (excluding diaryl/α,β-unsaturated/α-hetero) is 1. The predicted molar refractivity (Wildman–Crippen MR) is 61.2 cm³/mol. The molecule has 1 atom stereocenters. The third-order valence-electron chi connectivity index (χ3n) is 2.65. The van der Waals surface area contributed by atoms with E-state index in [0.717, 1.165) is 18.7 Å². The number of carbonyl (C=O) groups is 1. The maximum Gasteiger partial charge on any atom is 0.178 e. The van der Waals surface area contributed by atoms with E-state index in [0.29, 0.717) is 12.5 Å². The molecule has 2 nitrogen and oxygen atoms in total. The molecule has 2 heteroatoms. The zero-order valence-corrected chi connectivity index (χ0v) is 10.1. The zero-order chi connectivity index (χ0) is 11.1. The molecule has 0 rings (SSSR count). The lowest BCUT2D eigenvalue weighted by molar-refractivity contribution is -0.117. The van der Waals surface area contributed by atoms with Gasteiger partial charge < -0.3 is 4.90 Å². The molecule has 0 spiro atoms. The Morgan fingerprint density at radius 1 is 1.36 bits per heavy atom. The van der Waals surface area contributed by atoms with Gasteiger partial charge in [0.25, 0.3) is 0 Å². The molecular weight excluding hydrogens is 174 g/mol. The van der Waals surface area contributed by atoms with Gasteiger partial charge in [0.1, 0.15) is 0 Å². The standard InChI is InChI=1S/C12H23NO/c1-6-10(5)13(9-4)11(7-2)12(14)8-3/h7,10H,6,8-9H2,1-5H3.